The van der Waals surface area contributed by atoms with E-state index in [9.17, 15) is 18.3 Å². The SMILES string of the molecule is O=C(Nc1cccc(-c2ccc(S(=O)(=O)N3CCC[C@@H]3CO)cc2)n1)C1(c2ccc3c(c2)OCOC3)CC1. The molecule has 1 amide bonds. The maximum absolute atomic E-state index is 13.3. The Balaban J connectivity index is 1.19. The van der Waals surface area contributed by atoms with Gasteiger partial charge in [-0.3, -0.25) is 4.79 Å². The second-order valence-electron chi connectivity index (χ2n) is 10.00. The van der Waals surface area contributed by atoms with Crippen molar-refractivity contribution in [3.05, 3.63) is 71.8 Å². The number of amides is 1. The van der Waals surface area contributed by atoms with Crippen LogP contribution in [0.2, 0.25) is 0 Å². The highest BCUT2D eigenvalue weighted by Crippen LogP contribution is 2.50. The number of carbonyl (C=O) groups is 1. The van der Waals surface area contributed by atoms with Crippen LogP contribution in [0.3, 0.4) is 0 Å². The number of ether oxygens (including phenoxy) is 2. The molecule has 0 spiro atoms. The summed E-state index contributed by atoms with van der Waals surface area (Å²) in [6.45, 7) is 0.934. The lowest BCUT2D eigenvalue weighted by Gasteiger charge is -2.22. The second kappa shape index (κ2) is 9.77. The summed E-state index contributed by atoms with van der Waals surface area (Å²) in [5.41, 5.74) is 2.64. The Labute approximate surface area is 221 Å². The summed E-state index contributed by atoms with van der Waals surface area (Å²) in [5, 5.41) is 12.5. The number of aliphatic hydroxyl groups is 1. The molecule has 2 N–H and O–H groups in total. The van der Waals surface area contributed by atoms with E-state index in [4.69, 9.17) is 9.47 Å². The molecule has 1 aromatic heterocycles. The first kappa shape index (κ1) is 25.0. The van der Waals surface area contributed by atoms with E-state index in [1.165, 1.54) is 4.31 Å². The number of rotatable bonds is 7. The molecule has 6 rings (SSSR count). The van der Waals surface area contributed by atoms with Gasteiger partial charge in [-0.2, -0.15) is 4.31 Å². The van der Waals surface area contributed by atoms with E-state index in [1.807, 2.05) is 30.3 Å². The molecular weight excluding hydrogens is 506 g/mol. The van der Waals surface area contributed by atoms with Crippen molar-refractivity contribution >= 4 is 21.7 Å². The van der Waals surface area contributed by atoms with Crippen molar-refractivity contribution < 1.29 is 27.8 Å². The number of aromatic nitrogens is 1. The number of sulfonamides is 1. The lowest BCUT2D eigenvalue weighted by molar-refractivity contribution is -0.118. The van der Waals surface area contributed by atoms with Crippen LogP contribution >= 0.6 is 0 Å². The van der Waals surface area contributed by atoms with Crippen molar-refractivity contribution in [3.8, 4) is 17.0 Å². The van der Waals surface area contributed by atoms with Gasteiger partial charge in [-0.15, -0.1) is 0 Å². The highest BCUT2D eigenvalue weighted by Gasteiger charge is 2.51. The van der Waals surface area contributed by atoms with Gasteiger partial charge in [0.1, 0.15) is 11.6 Å². The average molecular weight is 536 g/mol. The fourth-order valence-electron chi connectivity index (χ4n) is 5.28. The first-order valence-corrected chi connectivity index (χ1v) is 14.2. The highest BCUT2D eigenvalue weighted by molar-refractivity contribution is 7.89. The third-order valence-corrected chi connectivity index (χ3v) is 9.61. The van der Waals surface area contributed by atoms with Crippen LogP contribution in [0.4, 0.5) is 5.82 Å². The third kappa shape index (κ3) is 4.47. The van der Waals surface area contributed by atoms with E-state index in [-0.39, 0.29) is 30.2 Å². The van der Waals surface area contributed by atoms with Gasteiger partial charge in [0.05, 0.1) is 29.2 Å². The molecule has 1 atom stereocenters. The number of hydrogen-bond donors (Lipinski definition) is 2. The molecule has 0 bridgehead atoms. The summed E-state index contributed by atoms with van der Waals surface area (Å²) in [5.74, 6) is 1.08. The summed E-state index contributed by atoms with van der Waals surface area (Å²) in [6, 6.07) is 17.4. The maximum atomic E-state index is 13.3. The average Bonchev–Trinajstić information content (AvgIpc) is 3.62. The molecule has 3 heterocycles. The first-order valence-electron chi connectivity index (χ1n) is 12.8. The van der Waals surface area contributed by atoms with Gasteiger partial charge in [-0.25, -0.2) is 13.4 Å². The summed E-state index contributed by atoms with van der Waals surface area (Å²) in [7, 11) is -3.68. The number of fused-ring (bicyclic) bond motifs is 1. The molecule has 2 aliphatic heterocycles. The van der Waals surface area contributed by atoms with Gasteiger partial charge < -0.3 is 19.9 Å². The molecule has 10 heteroatoms. The third-order valence-electron chi connectivity index (χ3n) is 7.64. The van der Waals surface area contributed by atoms with E-state index >= 15 is 0 Å². The minimum absolute atomic E-state index is 0.111. The van der Waals surface area contributed by atoms with E-state index in [1.54, 1.807) is 30.3 Å². The molecule has 2 aromatic carbocycles. The number of nitrogens with one attached hydrogen (secondary N) is 1. The fourth-order valence-corrected chi connectivity index (χ4v) is 6.96. The molecule has 3 aromatic rings. The molecule has 1 saturated heterocycles. The number of pyridine rings is 1. The van der Waals surface area contributed by atoms with Crippen molar-refractivity contribution in [2.45, 2.75) is 48.6 Å². The predicted octanol–water partition coefficient (Wildman–Crippen LogP) is 3.43. The summed E-state index contributed by atoms with van der Waals surface area (Å²) < 4.78 is 38.4. The Hall–Kier alpha value is -3.31. The Bertz CT molecular complexity index is 1470. The number of benzene rings is 2. The lowest BCUT2D eigenvalue weighted by atomic mass is 9.93. The van der Waals surface area contributed by atoms with Crippen molar-refractivity contribution in [1.29, 1.82) is 0 Å². The van der Waals surface area contributed by atoms with E-state index in [0.717, 1.165) is 41.7 Å². The zero-order valence-electron chi connectivity index (χ0n) is 20.8. The largest absolute Gasteiger partial charge is 0.467 e. The van der Waals surface area contributed by atoms with Crippen LogP contribution in [-0.4, -0.2) is 54.7 Å². The Kier molecular flexibility index (Phi) is 6.43. The quantitative estimate of drug-likeness (QED) is 0.476. The lowest BCUT2D eigenvalue weighted by Crippen LogP contribution is -2.37. The van der Waals surface area contributed by atoms with Crippen LogP contribution in [0.25, 0.3) is 11.3 Å². The van der Waals surface area contributed by atoms with Gasteiger partial charge in [-0.05, 0) is 61.6 Å². The fraction of sp³-hybridized carbons (Fsp3) is 0.357. The Morgan fingerprint density at radius 3 is 2.71 bits per heavy atom. The van der Waals surface area contributed by atoms with Crippen molar-refractivity contribution in [2.24, 2.45) is 0 Å². The highest BCUT2D eigenvalue weighted by atomic mass is 32.2. The molecule has 9 nitrogen and oxygen atoms in total. The molecule has 0 radical (unpaired) electrons. The molecule has 1 aliphatic carbocycles. The zero-order chi connectivity index (χ0) is 26.3. The minimum Gasteiger partial charge on any atom is -0.467 e. The Morgan fingerprint density at radius 2 is 1.95 bits per heavy atom. The van der Waals surface area contributed by atoms with Gasteiger partial charge in [0.2, 0.25) is 15.9 Å². The van der Waals surface area contributed by atoms with Gasteiger partial charge in [0.15, 0.2) is 6.79 Å². The van der Waals surface area contributed by atoms with Crippen molar-refractivity contribution in [3.63, 3.8) is 0 Å². The molecule has 0 unspecified atom stereocenters. The van der Waals surface area contributed by atoms with E-state index < -0.39 is 15.4 Å². The number of aliphatic hydroxyl groups excluding tert-OH is 1. The molecule has 1 saturated carbocycles. The smallest absolute Gasteiger partial charge is 0.243 e. The summed E-state index contributed by atoms with van der Waals surface area (Å²) in [4.78, 5) is 18.1. The number of nitrogens with zero attached hydrogens (tertiary/aromatic N) is 2. The molecule has 38 heavy (non-hydrogen) atoms. The van der Waals surface area contributed by atoms with Crippen LogP contribution in [0, 0.1) is 0 Å². The van der Waals surface area contributed by atoms with Gasteiger partial charge >= 0.3 is 0 Å². The van der Waals surface area contributed by atoms with Gasteiger partial charge in [-0.1, -0.05) is 30.3 Å². The normalized spacial score (nSPS) is 20.4. The Morgan fingerprint density at radius 1 is 1.13 bits per heavy atom. The molecule has 3 aliphatic rings. The van der Waals surface area contributed by atoms with Crippen LogP contribution in [0.15, 0.2) is 65.6 Å². The minimum atomic E-state index is -3.68. The van der Waals surface area contributed by atoms with Crippen LogP contribution in [-0.2, 0) is 31.6 Å². The molecule has 2 fully saturated rings. The van der Waals surface area contributed by atoms with E-state index in [2.05, 4.69) is 10.3 Å². The van der Waals surface area contributed by atoms with Gasteiger partial charge in [0.25, 0.3) is 0 Å². The summed E-state index contributed by atoms with van der Waals surface area (Å²) in [6.07, 6.45) is 2.89. The van der Waals surface area contributed by atoms with Crippen LogP contribution < -0.4 is 10.1 Å². The standard InChI is InChI=1S/C28H29N3O6S/c32-16-22-3-2-14-31(22)38(34,35)23-10-7-19(8-11-23)24-4-1-5-26(29-24)30-27(33)28(12-13-28)21-9-6-20-17-36-18-37-25(20)15-21/h1,4-11,15,22,32H,2-3,12-14,16-18H2,(H,29,30,33)/t22-/m1/s1. The zero-order valence-corrected chi connectivity index (χ0v) is 21.6. The van der Waals surface area contributed by atoms with E-state index in [0.29, 0.717) is 31.1 Å². The topological polar surface area (TPSA) is 118 Å². The molecular formula is C28H29N3O6S. The number of anilines is 1. The van der Waals surface area contributed by atoms with Crippen molar-refractivity contribution in [2.75, 3.05) is 25.3 Å². The van der Waals surface area contributed by atoms with Crippen molar-refractivity contribution in [1.82, 2.24) is 9.29 Å². The molecule has 198 valence electrons. The second-order valence-corrected chi connectivity index (χ2v) is 11.9. The maximum Gasteiger partial charge on any atom is 0.243 e. The van der Waals surface area contributed by atoms with Crippen LogP contribution in [0.1, 0.15) is 36.8 Å². The predicted molar refractivity (Wildman–Crippen MR) is 140 cm³/mol. The number of carbonyl (C=O) groups excluding carboxylic acids is 1. The monoisotopic (exact) mass is 535 g/mol. The summed E-state index contributed by atoms with van der Waals surface area (Å²) >= 11 is 0. The van der Waals surface area contributed by atoms with Crippen LogP contribution in [0.5, 0.6) is 5.75 Å². The first-order chi connectivity index (χ1) is 18.4. The number of hydrogen-bond acceptors (Lipinski definition) is 7. The van der Waals surface area contributed by atoms with Gasteiger partial charge in [0, 0.05) is 23.7 Å².